The Balaban J connectivity index is 1.64. The van der Waals surface area contributed by atoms with E-state index in [0.717, 1.165) is 23.0 Å². The highest BCUT2D eigenvalue weighted by Crippen LogP contribution is 2.17. The molecule has 3 heterocycles. The number of rotatable bonds is 4. The summed E-state index contributed by atoms with van der Waals surface area (Å²) in [6.07, 6.45) is 7.23. The molecule has 0 spiro atoms. The minimum absolute atomic E-state index is 0.0297. The van der Waals surface area contributed by atoms with Crippen LogP contribution in [0.1, 0.15) is 15.9 Å². The van der Waals surface area contributed by atoms with Crippen LogP contribution in [0.5, 0.6) is 0 Å². The molecule has 1 N–H and O–H groups in total. The Morgan fingerprint density at radius 1 is 1.23 bits per heavy atom. The van der Waals surface area contributed by atoms with Crippen molar-refractivity contribution in [3.05, 3.63) is 72.3 Å². The fourth-order valence-corrected chi connectivity index (χ4v) is 1.95. The summed E-state index contributed by atoms with van der Waals surface area (Å²) < 4.78 is 18.4. The largest absolute Gasteiger partial charge is 0.472 e. The maximum Gasteiger partial charge on any atom is 0.254 e. The summed E-state index contributed by atoms with van der Waals surface area (Å²) in [6.45, 7) is 0.263. The lowest BCUT2D eigenvalue weighted by atomic mass is 10.2. The van der Waals surface area contributed by atoms with E-state index in [1.54, 1.807) is 18.7 Å². The molecule has 22 heavy (non-hydrogen) atoms. The van der Waals surface area contributed by atoms with Crippen molar-refractivity contribution >= 4 is 5.91 Å². The fourth-order valence-electron chi connectivity index (χ4n) is 1.95. The van der Waals surface area contributed by atoms with Crippen LogP contribution in [0.2, 0.25) is 0 Å². The first-order chi connectivity index (χ1) is 10.7. The number of carbonyl (C=O) groups excluding carboxylic acids is 1. The van der Waals surface area contributed by atoms with Crippen LogP contribution < -0.4 is 5.32 Å². The van der Waals surface area contributed by atoms with E-state index in [2.05, 4.69) is 15.3 Å². The van der Waals surface area contributed by atoms with Gasteiger partial charge in [0.1, 0.15) is 0 Å². The molecule has 1 amide bonds. The van der Waals surface area contributed by atoms with Gasteiger partial charge in [0.25, 0.3) is 5.91 Å². The van der Waals surface area contributed by atoms with E-state index in [4.69, 9.17) is 4.42 Å². The third kappa shape index (κ3) is 3.01. The Bertz CT molecular complexity index is 770. The summed E-state index contributed by atoms with van der Waals surface area (Å²) in [7, 11) is 0. The number of hydrogen-bond acceptors (Lipinski definition) is 4. The van der Waals surface area contributed by atoms with E-state index in [-0.39, 0.29) is 12.1 Å². The van der Waals surface area contributed by atoms with E-state index in [9.17, 15) is 9.18 Å². The van der Waals surface area contributed by atoms with Crippen molar-refractivity contribution < 1.29 is 13.6 Å². The molecule has 5 nitrogen and oxygen atoms in total. The summed E-state index contributed by atoms with van der Waals surface area (Å²) >= 11 is 0. The number of carbonyl (C=O) groups is 1. The lowest BCUT2D eigenvalue weighted by Crippen LogP contribution is -2.23. The summed E-state index contributed by atoms with van der Waals surface area (Å²) in [6, 6.07) is 6.83. The lowest BCUT2D eigenvalue weighted by Gasteiger charge is -2.06. The Kier molecular flexibility index (Phi) is 3.91. The zero-order valence-electron chi connectivity index (χ0n) is 11.5. The van der Waals surface area contributed by atoms with E-state index in [1.165, 1.54) is 12.3 Å². The van der Waals surface area contributed by atoms with E-state index in [1.807, 2.05) is 18.2 Å². The van der Waals surface area contributed by atoms with Crippen LogP contribution in [0.3, 0.4) is 0 Å². The quantitative estimate of drug-likeness (QED) is 0.804. The van der Waals surface area contributed by atoms with Crippen molar-refractivity contribution in [1.29, 1.82) is 0 Å². The molecule has 3 aromatic rings. The summed E-state index contributed by atoms with van der Waals surface area (Å²) in [4.78, 5) is 19.8. The minimum Gasteiger partial charge on any atom is -0.472 e. The molecule has 0 bridgehead atoms. The Labute approximate surface area is 125 Å². The molecule has 0 aliphatic rings. The van der Waals surface area contributed by atoms with Gasteiger partial charge in [0, 0.05) is 24.5 Å². The fraction of sp³-hybridized carbons (Fsp3) is 0.0625. The molecular formula is C16H12FN3O2. The predicted molar refractivity (Wildman–Crippen MR) is 77.3 cm³/mol. The summed E-state index contributed by atoms with van der Waals surface area (Å²) in [5.74, 6) is -1.13. The highest BCUT2D eigenvalue weighted by molar-refractivity contribution is 5.94. The minimum atomic E-state index is -0.645. The first-order valence-electron chi connectivity index (χ1n) is 6.59. The molecule has 0 radical (unpaired) electrons. The molecule has 0 saturated carbocycles. The number of furan rings is 1. The van der Waals surface area contributed by atoms with Crippen molar-refractivity contribution in [3.63, 3.8) is 0 Å². The molecule has 3 aromatic heterocycles. The maximum absolute atomic E-state index is 13.4. The van der Waals surface area contributed by atoms with Crippen molar-refractivity contribution in [1.82, 2.24) is 15.3 Å². The number of pyridine rings is 2. The Hall–Kier alpha value is -3.02. The number of hydrogen-bond donors (Lipinski definition) is 1. The molecule has 0 saturated heterocycles. The van der Waals surface area contributed by atoms with Crippen molar-refractivity contribution in [2.45, 2.75) is 6.54 Å². The van der Waals surface area contributed by atoms with Crippen LogP contribution in [0.15, 0.2) is 59.8 Å². The smallest absolute Gasteiger partial charge is 0.254 e. The van der Waals surface area contributed by atoms with Gasteiger partial charge in [-0.2, -0.15) is 0 Å². The van der Waals surface area contributed by atoms with Gasteiger partial charge in [-0.3, -0.25) is 14.8 Å². The molecule has 0 aromatic carbocycles. The number of halogens is 1. The second-order valence-electron chi connectivity index (χ2n) is 4.60. The Morgan fingerprint density at radius 3 is 2.82 bits per heavy atom. The number of aromatic nitrogens is 2. The first kappa shape index (κ1) is 13.9. The van der Waals surface area contributed by atoms with Gasteiger partial charge in [-0.1, -0.05) is 6.07 Å². The number of amides is 1. The van der Waals surface area contributed by atoms with E-state index < -0.39 is 11.7 Å². The molecule has 110 valence electrons. The van der Waals surface area contributed by atoms with Crippen LogP contribution in [-0.4, -0.2) is 15.9 Å². The first-order valence-corrected chi connectivity index (χ1v) is 6.59. The third-order valence-corrected chi connectivity index (χ3v) is 3.11. The van der Waals surface area contributed by atoms with Crippen LogP contribution in [0, 0.1) is 5.82 Å². The standard InChI is InChI=1S/C16H12FN3O2/c17-14-9-18-5-3-13(14)16(21)20-8-11-1-2-15(19-7-11)12-4-6-22-10-12/h1-7,9-10H,8H2,(H,20,21). The number of nitrogens with one attached hydrogen (secondary N) is 1. The topological polar surface area (TPSA) is 68.0 Å². The SMILES string of the molecule is O=C(NCc1ccc(-c2ccoc2)nc1)c1ccncc1F. The van der Waals surface area contributed by atoms with E-state index in [0.29, 0.717) is 0 Å². The lowest BCUT2D eigenvalue weighted by molar-refractivity contribution is 0.0946. The number of nitrogens with zero attached hydrogens (tertiary/aromatic N) is 2. The zero-order chi connectivity index (χ0) is 15.4. The van der Waals surface area contributed by atoms with E-state index >= 15 is 0 Å². The van der Waals surface area contributed by atoms with Gasteiger partial charge in [-0.25, -0.2) is 4.39 Å². The van der Waals surface area contributed by atoms with Gasteiger partial charge in [0.15, 0.2) is 5.82 Å². The zero-order valence-corrected chi connectivity index (χ0v) is 11.5. The second-order valence-corrected chi connectivity index (χ2v) is 4.60. The molecule has 3 rings (SSSR count). The summed E-state index contributed by atoms with van der Waals surface area (Å²) in [5, 5.41) is 2.65. The Morgan fingerprint density at radius 2 is 2.14 bits per heavy atom. The van der Waals surface area contributed by atoms with Gasteiger partial charge >= 0.3 is 0 Å². The second kappa shape index (κ2) is 6.17. The summed E-state index contributed by atoms with van der Waals surface area (Å²) in [5.41, 5.74) is 2.45. The molecule has 0 unspecified atom stereocenters. The highest BCUT2D eigenvalue weighted by Gasteiger charge is 2.10. The van der Waals surface area contributed by atoms with Crippen molar-refractivity contribution in [2.75, 3.05) is 0 Å². The average Bonchev–Trinajstić information content (AvgIpc) is 3.08. The normalized spacial score (nSPS) is 10.4. The van der Waals surface area contributed by atoms with Crippen LogP contribution in [0.25, 0.3) is 11.3 Å². The monoisotopic (exact) mass is 297 g/mol. The van der Waals surface area contributed by atoms with Gasteiger partial charge in [-0.15, -0.1) is 0 Å². The average molecular weight is 297 g/mol. The molecule has 6 heteroatoms. The van der Waals surface area contributed by atoms with Crippen LogP contribution in [0.4, 0.5) is 4.39 Å². The molecule has 0 aliphatic heterocycles. The maximum atomic E-state index is 13.4. The third-order valence-electron chi connectivity index (χ3n) is 3.11. The van der Waals surface area contributed by atoms with Crippen molar-refractivity contribution in [3.8, 4) is 11.3 Å². The van der Waals surface area contributed by atoms with Crippen molar-refractivity contribution in [2.24, 2.45) is 0 Å². The highest BCUT2D eigenvalue weighted by atomic mass is 19.1. The van der Waals surface area contributed by atoms with Gasteiger partial charge in [0.2, 0.25) is 0 Å². The molecule has 0 aliphatic carbocycles. The molecular weight excluding hydrogens is 285 g/mol. The van der Waals surface area contributed by atoms with Gasteiger partial charge < -0.3 is 9.73 Å². The van der Waals surface area contributed by atoms with Gasteiger partial charge in [-0.05, 0) is 23.8 Å². The van der Waals surface area contributed by atoms with Crippen LogP contribution >= 0.6 is 0 Å². The van der Waals surface area contributed by atoms with Gasteiger partial charge in [0.05, 0.1) is 30.0 Å². The predicted octanol–water partition coefficient (Wildman–Crippen LogP) is 2.81. The molecule has 0 fully saturated rings. The van der Waals surface area contributed by atoms with Crippen LogP contribution in [-0.2, 0) is 6.54 Å². The molecule has 0 atom stereocenters.